The second-order valence-electron chi connectivity index (χ2n) is 5.15. The molecule has 0 aromatic heterocycles. The topological polar surface area (TPSA) is 37.3 Å². The summed E-state index contributed by atoms with van der Waals surface area (Å²) < 4.78 is 0. The molecule has 0 aromatic rings. The van der Waals surface area contributed by atoms with Crippen LogP contribution in [0.1, 0.15) is 57.8 Å². The molecule has 2 aliphatic rings. The van der Waals surface area contributed by atoms with Crippen molar-refractivity contribution in [3.8, 4) is 0 Å². The van der Waals surface area contributed by atoms with Crippen molar-refractivity contribution in [2.45, 2.75) is 57.8 Å². The zero-order valence-electron chi connectivity index (χ0n) is 8.80. The van der Waals surface area contributed by atoms with E-state index in [4.69, 9.17) is 5.11 Å². The van der Waals surface area contributed by atoms with Crippen molar-refractivity contribution in [3.63, 3.8) is 0 Å². The first-order chi connectivity index (χ1) is 6.73. The van der Waals surface area contributed by atoms with Crippen molar-refractivity contribution in [1.82, 2.24) is 0 Å². The molecule has 2 heteroatoms. The lowest BCUT2D eigenvalue weighted by Gasteiger charge is -2.18. The molecule has 2 saturated carbocycles. The van der Waals surface area contributed by atoms with Gasteiger partial charge in [0.15, 0.2) is 0 Å². The Balaban J connectivity index is 1.86. The standard InChI is InChI=1S/C12H20O2/c13-11(14)12(7-8-12)9-10-5-3-1-2-4-6-10/h10H,1-9H2,(H,13,14). The van der Waals surface area contributed by atoms with E-state index in [0.29, 0.717) is 5.92 Å². The lowest BCUT2D eigenvalue weighted by atomic mass is 9.87. The Morgan fingerprint density at radius 3 is 2.14 bits per heavy atom. The number of aliphatic carboxylic acids is 1. The van der Waals surface area contributed by atoms with E-state index in [9.17, 15) is 4.79 Å². The van der Waals surface area contributed by atoms with Crippen molar-refractivity contribution < 1.29 is 9.90 Å². The highest BCUT2D eigenvalue weighted by atomic mass is 16.4. The van der Waals surface area contributed by atoms with E-state index < -0.39 is 5.97 Å². The molecule has 0 spiro atoms. The third-order valence-electron chi connectivity index (χ3n) is 3.96. The van der Waals surface area contributed by atoms with E-state index in [1.165, 1.54) is 38.5 Å². The van der Waals surface area contributed by atoms with Gasteiger partial charge in [-0.15, -0.1) is 0 Å². The van der Waals surface area contributed by atoms with Crippen LogP contribution >= 0.6 is 0 Å². The van der Waals surface area contributed by atoms with Crippen molar-refractivity contribution >= 4 is 5.97 Å². The monoisotopic (exact) mass is 196 g/mol. The molecule has 0 aliphatic heterocycles. The summed E-state index contributed by atoms with van der Waals surface area (Å²) in [7, 11) is 0. The van der Waals surface area contributed by atoms with E-state index >= 15 is 0 Å². The van der Waals surface area contributed by atoms with Crippen LogP contribution in [-0.4, -0.2) is 11.1 Å². The van der Waals surface area contributed by atoms with Gasteiger partial charge in [-0.3, -0.25) is 4.79 Å². The average Bonchev–Trinajstić information content (AvgIpc) is 2.91. The Bertz CT molecular complexity index is 210. The minimum atomic E-state index is -0.540. The van der Waals surface area contributed by atoms with Crippen LogP contribution in [0.4, 0.5) is 0 Å². The van der Waals surface area contributed by atoms with E-state index in [1.54, 1.807) is 0 Å². The molecule has 1 N–H and O–H groups in total. The van der Waals surface area contributed by atoms with E-state index in [0.717, 1.165) is 19.3 Å². The number of hydrogen-bond donors (Lipinski definition) is 1. The maximum Gasteiger partial charge on any atom is 0.309 e. The number of carboxylic acid groups (broad SMARTS) is 1. The quantitative estimate of drug-likeness (QED) is 0.704. The zero-order valence-corrected chi connectivity index (χ0v) is 8.80. The van der Waals surface area contributed by atoms with Crippen molar-refractivity contribution in [2.75, 3.05) is 0 Å². The Morgan fingerprint density at radius 1 is 1.14 bits per heavy atom. The molecule has 0 amide bonds. The second-order valence-corrected chi connectivity index (χ2v) is 5.15. The maximum absolute atomic E-state index is 11.0. The van der Waals surface area contributed by atoms with E-state index in [-0.39, 0.29) is 5.41 Å². The van der Waals surface area contributed by atoms with Gasteiger partial charge in [-0.1, -0.05) is 38.5 Å². The Hall–Kier alpha value is -0.530. The summed E-state index contributed by atoms with van der Waals surface area (Å²) in [6.07, 6.45) is 10.7. The van der Waals surface area contributed by atoms with Crippen LogP contribution in [0.2, 0.25) is 0 Å². The van der Waals surface area contributed by atoms with Gasteiger partial charge in [0.2, 0.25) is 0 Å². The molecule has 0 aromatic carbocycles. The van der Waals surface area contributed by atoms with Gasteiger partial charge in [-0.05, 0) is 25.2 Å². The van der Waals surface area contributed by atoms with Gasteiger partial charge in [0.05, 0.1) is 5.41 Å². The minimum absolute atomic E-state index is 0.283. The predicted octanol–water partition coefficient (Wildman–Crippen LogP) is 3.21. The third kappa shape index (κ3) is 2.10. The molecule has 2 rings (SSSR count). The molecule has 80 valence electrons. The van der Waals surface area contributed by atoms with E-state index in [2.05, 4.69) is 0 Å². The second kappa shape index (κ2) is 3.92. The highest BCUT2D eigenvalue weighted by Crippen LogP contribution is 2.52. The largest absolute Gasteiger partial charge is 0.481 e. The van der Waals surface area contributed by atoms with Crippen LogP contribution in [0.5, 0.6) is 0 Å². The smallest absolute Gasteiger partial charge is 0.309 e. The molecule has 0 radical (unpaired) electrons. The van der Waals surface area contributed by atoms with Crippen molar-refractivity contribution in [1.29, 1.82) is 0 Å². The molecule has 0 atom stereocenters. The van der Waals surface area contributed by atoms with Gasteiger partial charge in [0, 0.05) is 0 Å². The SMILES string of the molecule is O=C(O)C1(CC2CCCCCC2)CC1. The summed E-state index contributed by atoms with van der Waals surface area (Å²) in [6.45, 7) is 0. The zero-order chi connectivity index (χ0) is 10.0. The number of rotatable bonds is 3. The summed E-state index contributed by atoms with van der Waals surface area (Å²) in [5, 5.41) is 9.10. The van der Waals surface area contributed by atoms with Crippen LogP contribution in [-0.2, 0) is 4.79 Å². The summed E-state index contributed by atoms with van der Waals surface area (Å²) in [6, 6.07) is 0. The van der Waals surface area contributed by atoms with Crippen molar-refractivity contribution in [3.05, 3.63) is 0 Å². The minimum Gasteiger partial charge on any atom is -0.481 e. The molecule has 0 bridgehead atoms. The van der Waals surface area contributed by atoms with Gasteiger partial charge < -0.3 is 5.11 Å². The highest BCUT2D eigenvalue weighted by molar-refractivity contribution is 5.77. The van der Waals surface area contributed by atoms with E-state index in [1.807, 2.05) is 0 Å². The molecule has 2 fully saturated rings. The van der Waals surface area contributed by atoms with Gasteiger partial charge in [-0.25, -0.2) is 0 Å². The van der Waals surface area contributed by atoms with Crippen LogP contribution in [0.3, 0.4) is 0 Å². The normalized spacial score (nSPS) is 26.9. The molecule has 0 heterocycles. The molecule has 2 nitrogen and oxygen atoms in total. The Labute approximate surface area is 85.7 Å². The number of carboxylic acids is 1. The first-order valence-electron chi connectivity index (χ1n) is 5.96. The van der Waals surface area contributed by atoms with Crippen molar-refractivity contribution in [2.24, 2.45) is 11.3 Å². The number of carbonyl (C=O) groups is 1. The first-order valence-corrected chi connectivity index (χ1v) is 5.96. The van der Waals surface area contributed by atoms with Gasteiger partial charge >= 0.3 is 5.97 Å². The van der Waals surface area contributed by atoms with Gasteiger partial charge in [0.1, 0.15) is 0 Å². The maximum atomic E-state index is 11.0. The fourth-order valence-corrected chi connectivity index (χ4v) is 2.78. The first kappa shape index (κ1) is 10.0. The molecule has 2 aliphatic carbocycles. The summed E-state index contributed by atoms with van der Waals surface area (Å²) in [4.78, 5) is 11.0. The Kier molecular flexibility index (Phi) is 2.80. The Morgan fingerprint density at radius 2 is 1.71 bits per heavy atom. The predicted molar refractivity (Wildman–Crippen MR) is 55.1 cm³/mol. The fraction of sp³-hybridized carbons (Fsp3) is 0.917. The van der Waals surface area contributed by atoms with Crippen LogP contribution in [0.25, 0.3) is 0 Å². The molecular formula is C12H20O2. The molecule has 14 heavy (non-hydrogen) atoms. The lowest BCUT2D eigenvalue weighted by molar-refractivity contribution is -0.144. The highest BCUT2D eigenvalue weighted by Gasteiger charge is 2.50. The van der Waals surface area contributed by atoms with Crippen LogP contribution < -0.4 is 0 Å². The van der Waals surface area contributed by atoms with Crippen LogP contribution in [0.15, 0.2) is 0 Å². The summed E-state index contributed by atoms with van der Waals surface area (Å²) >= 11 is 0. The lowest BCUT2D eigenvalue weighted by Crippen LogP contribution is -2.19. The van der Waals surface area contributed by atoms with Crippen LogP contribution in [0, 0.1) is 11.3 Å². The summed E-state index contributed by atoms with van der Waals surface area (Å²) in [5.41, 5.74) is -0.283. The molecular weight excluding hydrogens is 176 g/mol. The molecule has 0 saturated heterocycles. The molecule has 0 unspecified atom stereocenters. The summed E-state index contributed by atoms with van der Waals surface area (Å²) in [5.74, 6) is 0.165. The van der Waals surface area contributed by atoms with Gasteiger partial charge in [-0.2, -0.15) is 0 Å². The van der Waals surface area contributed by atoms with Gasteiger partial charge in [0.25, 0.3) is 0 Å². The fourth-order valence-electron chi connectivity index (χ4n) is 2.78. The average molecular weight is 196 g/mol. The number of hydrogen-bond acceptors (Lipinski definition) is 1. The third-order valence-corrected chi connectivity index (χ3v) is 3.96.